The lowest BCUT2D eigenvalue weighted by atomic mass is 10.1. The van der Waals surface area contributed by atoms with Gasteiger partial charge in [-0.15, -0.1) is 0 Å². The fourth-order valence-electron chi connectivity index (χ4n) is 2.26. The molecular weight excluding hydrogens is 318 g/mol. The van der Waals surface area contributed by atoms with Gasteiger partial charge in [-0.1, -0.05) is 40.0 Å². The zero-order valence-electron chi connectivity index (χ0n) is 16.8. The van der Waals surface area contributed by atoms with Gasteiger partial charge in [0.25, 0.3) is 0 Å². The zero-order valence-corrected chi connectivity index (χ0v) is 16.8. The van der Waals surface area contributed by atoms with Crippen molar-refractivity contribution in [1.82, 2.24) is 15.1 Å². The van der Waals surface area contributed by atoms with Crippen LogP contribution < -0.4 is 5.32 Å². The number of likely N-dealkylation sites (N-methyl/N-ethyl adjacent to an activating group) is 2. The molecule has 3 amide bonds. The molecule has 0 aliphatic rings. The smallest absolute Gasteiger partial charge is 0.241 e. The maximum Gasteiger partial charge on any atom is 0.241 e. The molecule has 0 aliphatic carbocycles. The van der Waals surface area contributed by atoms with E-state index in [0.717, 1.165) is 32.1 Å². The highest BCUT2D eigenvalue weighted by Crippen LogP contribution is 2.05. The molecule has 25 heavy (non-hydrogen) atoms. The minimum Gasteiger partial charge on any atom is -0.347 e. The summed E-state index contributed by atoms with van der Waals surface area (Å²) in [5.74, 6) is 0.370. The number of nitrogens with zero attached hydrogens (tertiary/aromatic N) is 2. The largest absolute Gasteiger partial charge is 0.347 e. The molecule has 0 rings (SSSR count). The minimum atomic E-state index is -0.137. The van der Waals surface area contributed by atoms with Crippen LogP contribution in [0.1, 0.15) is 65.7 Å². The Kier molecular flexibility index (Phi) is 12.8. The number of unbranched alkanes of at least 4 members (excludes halogenated alkanes) is 3. The van der Waals surface area contributed by atoms with Crippen molar-refractivity contribution in [3.8, 4) is 0 Å². The highest BCUT2D eigenvalue weighted by molar-refractivity contribution is 5.84. The Morgan fingerprint density at radius 2 is 1.48 bits per heavy atom. The first-order chi connectivity index (χ1) is 11.8. The third-order valence-corrected chi connectivity index (χ3v) is 4.25. The number of rotatable bonds is 13. The van der Waals surface area contributed by atoms with Crippen LogP contribution in [-0.4, -0.2) is 61.3 Å². The van der Waals surface area contributed by atoms with Crippen molar-refractivity contribution < 1.29 is 14.4 Å². The van der Waals surface area contributed by atoms with Crippen LogP contribution in [0.3, 0.4) is 0 Å². The maximum atomic E-state index is 12.0. The molecule has 0 atom stereocenters. The van der Waals surface area contributed by atoms with E-state index in [2.05, 4.69) is 26.1 Å². The predicted molar refractivity (Wildman–Crippen MR) is 101 cm³/mol. The molecule has 0 fully saturated rings. The maximum absolute atomic E-state index is 12.0. The molecule has 6 nitrogen and oxygen atoms in total. The van der Waals surface area contributed by atoms with Crippen LogP contribution in [0, 0.1) is 5.92 Å². The van der Waals surface area contributed by atoms with Crippen molar-refractivity contribution >= 4 is 17.7 Å². The molecule has 0 heterocycles. The van der Waals surface area contributed by atoms with Crippen LogP contribution in [0.2, 0.25) is 0 Å². The molecule has 0 saturated heterocycles. The summed E-state index contributed by atoms with van der Waals surface area (Å²) in [4.78, 5) is 38.9. The van der Waals surface area contributed by atoms with Crippen LogP contribution in [0.5, 0.6) is 0 Å². The minimum absolute atomic E-state index is 0.0160. The van der Waals surface area contributed by atoms with E-state index in [9.17, 15) is 14.4 Å². The Morgan fingerprint density at radius 3 is 2.04 bits per heavy atom. The lowest BCUT2D eigenvalue weighted by molar-refractivity contribution is -0.134. The lowest BCUT2D eigenvalue weighted by Crippen LogP contribution is -2.42. The number of carbonyl (C=O) groups excluding carboxylic acids is 3. The van der Waals surface area contributed by atoms with Gasteiger partial charge in [-0.2, -0.15) is 0 Å². The molecule has 0 radical (unpaired) electrons. The van der Waals surface area contributed by atoms with Crippen molar-refractivity contribution in [3.05, 3.63) is 0 Å². The summed E-state index contributed by atoms with van der Waals surface area (Å²) in [7, 11) is 3.47. The molecule has 0 aromatic rings. The predicted octanol–water partition coefficient (Wildman–Crippen LogP) is 2.43. The number of amides is 3. The normalized spacial score (nSPS) is 10.6. The van der Waals surface area contributed by atoms with Crippen LogP contribution in [-0.2, 0) is 14.4 Å². The summed E-state index contributed by atoms with van der Waals surface area (Å²) in [5, 5.41) is 2.66. The van der Waals surface area contributed by atoms with Crippen molar-refractivity contribution in [2.24, 2.45) is 5.92 Å². The van der Waals surface area contributed by atoms with Crippen LogP contribution in [0.25, 0.3) is 0 Å². The Hall–Kier alpha value is -1.59. The summed E-state index contributed by atoms with van der Waals surface area (Å²) in [6.07, 6.45) is 6.17. The third kappa shape index (κ3) is 12.4. The highest BCUT2D eigenvalue weighted by Gasteiger charge is 2.13. The zero-order chi connectivity index (χ0) is 19.2. The van der Waals surface area contributed by atoms with Gasteiger partial charge in [-0.25, -0.2) is 0 Å². The second-order valence-electron chi connectivity index (χ2n) is 7.15. The topological polar surface area (TPSA) is 69.7 Å². The molecule has 0 saturated carbocycles. The molecule has 0 spiro atoms. The van der Waals surface area contributed by atoms with E-state index in [0.29, 0.717) is 31.8 Å². The Morgan fingerprint density at radius 1 is 0.880 bits per heavy atom. The van der Waals surface area contributed by atoms with Gasteiger partial charge in [0.1, 0.15) is 0 Å². The van der Waals surface area contributed by atoms with Crippen molar-refractivity contribution in [3.63, 3.8) is 0 Å². The van der Waals surface area contributed by atoms with Gasteiger partial charge in [-0.3, -0.25) is 14.4 Å². The molecule has 0 unspecified atom stereocenters. The second kappa shape index (κ2) is 13.7. The number of hydrogen-bond acceptors (Lipinski definition) is 3. The second-order valence-corrected chi connectivity index (χ2v) is 7.15. The molecule has 0 aromatic heterocycles. The molecule has 6 heteroatoms. The summed E-state index contributed by atoms with van der Waals surface area (Å²) in [6.45, 7) is 7.27. The van der Waals surface area contributed by atoms with E-state index in [1.54, 1.807) is 23.9 Å². The third-order valence-electron chi connectivity index (χ3n) is 4.25. The monoisotopic (exact) mass is 355 g/mol. The summed E-state index contributed by atoms with van der Waals surface area (Å²) >= 11 is 0. The van der Waals surface area contributed by atoms with E-state index < -0.39 is 0 Å². The van der Waals surface area contributed by atoms with Crippen LogP contribution in [0.15, 0.2) is 0 Å². The lowest BCUT2D eigenvalue weighted by Gasteiger charge is -2.22. The van der Waals surface area contributed by atoms with E-state index in [1.807, 2.05) is 0 Å². The van der Waals surface area contributed by atoms with E-state index in [1.165, 1.54) is 0 Å². The molecule has 1 N–H and O–H groups in total. The quantitative estimate of drug-likeness (QED) is 0.516. The first-order valence-corrected chi connectivity index (χ1v) is 9.52. The van der Waals surface area contributed by atoms with E-state index in [4.69, 9.17) is 0 Å². The molecule has 146 valence electrons. The first kappa shape index (κ1) is 23.4. The van der Waals surface area contributed by atoms with Gasteiger partial charge in [0.2, 0.25) is 17.7 Å². The summed E-state index contributed by atoms with van der Waals surface area (Å²) in [5.41, 5.74) is 0. The average molecular weight is 356 g/mol. The molecular formula is C19H37N3O3. The van der Waals surface area contributed by atoms with Gasteiger partial charge in [0.05, 0.1) is 6.54 Å². The summed E-state index contributed by atoms with van der Waals surface area (Å²) < 4.78 is 0. The van der Waals surface area contributed by atoms with Gasteiger partial charge in [0.15, 0.2) is 0 Å². The Labute approximate surface area is 153 Å². The number of carbonyl (C=O) groups is 3. The summed E-state index contributed by atoms with van der Waals surface area (Å²) in [6, 6.07) is 0. The number of hydrogen-bond donors (Lipinski definition) is 1. The fourth-order valence-corrected chi connectivity index (χ4v) is 2.26. The molecule has 0 aliphatic heterocycles. The van der Waals surface area contributed by atoms with Crippen molar-refractivity contribution in [2.75, 3.05) is 33.7 Å². The first-order valence-electron chi connectivity index (χ1n) is 9.52. The van der Waals surface area contributed by atoms with Gasteiger partial charge < -0.3 is 15.1 Å². The highest BCUT2D eigenvalue weighted by atomic mass is 16.2. The van der Waals surface area contributed by atoms with E-state index in [-0.39, 0.29) is 24.3 Å². The van der Waals surface area contributed by atoms with Crippen molar-refractivity contribution in [1.29, 1.82) is 0 Å². The average Bonchev–Trinajstić information content (AvgIpc) is 2.58. The van der Waals surface area contributed by atoms with Crippen molar-refractivity contribution in [2.45, 2.75) is 65.7 Å². The van der Waals surface area contributed by atoms with Crippen LogP contribution in [0.4, 0.5) is 0 Å². The SMILES string of the molecule is CCCCCCC(=O)N(C)CCN(C)C(=O)CNC(=O)CCC(C)C. The van der Waals surface area contributed by atoms with Gasteiger partial charge in [0, 0.05) is 40.0 Å². The fraction of sp³-hybridized carbons (Fsp3) is 0.842. The van der Waals surface area contributed by atoms with Gasteiger partial charge >= 0.3 is 0 Å². The van der Waals surface area contributed by atoms with Crippen LogP contribution >= 0.6 is 0 Å². The number of nitrogens with one attached hydrogen (secondary N) is 1. The standard InChI is InChI=1S/C19H37N3O3/c1-6-7-8-9-10-18(24)21(4)13-14-22(5)19(25)15-20-17(23)12-11-16(2)3/h16H,6-15H2,1-5H3,(H,20,23). The Bertz CT molecular complexity index is 411. The molecule has 0 bridgehead atoms. The molecule has 0 aromatic carbocycles. The Balaban J connectivity index is 3.95. The van der Waals surface area contributed by atoms with Gasteiger partial charge in [-0.05, 0) is 18.8 Å². The van der Waals surface area contributed by atoms with E-state index >= 15 is 0 Å².